The van der Waals surface area contributed by atoms with Crippen molar-refractivity contribution in [2.45, 2.75) is 77.2 Å². The maximum absolute atomic E-state index is 11.9. The van der Waals surface area contributed by atoms with Crippen LogP contribution in [-0.4, -0.2) is 30.9 Å². The van der Waals surface area contributed by atoms with E-state index in [1.54, 1.807) is 6.92 Å². The lowest BCUT2D eigenvalue weighted by atomic mass is 9.84. The zero-order valence-electron chi connectivity index (χ0n) is 13.9. The van der Waals surface area contributed by atoms with Gasteiger partial charge in [0.25, 0.3) is 0 Å². The Bertz CT molecular complexity index is 355. The van der Waals surface area contributed by atoms with Crippen molar-refractivity contribution >= 4 is 11.7 Å². The minimum atomic E-state index is 0.0925. The van der Waals surface area contributed by atoms with Gasteiger partial charge < -0.3 is 10.1 Å². The zero-order chi connectivity index (χ0) is 15.8. The Morgan fingerprint density at radius 2 is 1.68 bits per heavy atom. The van der Waals surface area contributed by atoms with Gasteiger partial charge in [-0.2, -0.15) is 0 Å². The normalized spacial score (nSPS) is 26.6. The van der Waals surface area contributed by atoms with Crippen molar-refractivity contribution in [3.63, 3.8) is 0 Å². The summed E-state index contributed by atoms with van der Waals surface area (Å²) >= 11 is 0. The van der Waals surface area contributed by atoms with Crippen LogP contribution in [0.25, 0.3) is 0 Å². The van der Waals surface area contributed by atoms with Crippen LogP contribution in [0.4, 0.5) is 0 Å². The zero-order valence-corrected chi connectivity index (χ0v) is 13.9. The van der Waals surface area contributed by atoms with Crippen LogP contribution in [-0.2, 0) is 14.3 Å². The lowest BCUT2D eigenvalue weighted by molar-refractivity contribution is -0.123. The summed E-state index contributed by atoms with van der Waals surface area (Å²) in [5.41, 5.74) is 0. The molecule has 2 rings (SSSR count). The number of ketones is 1. The van der Waals surface area contributed by atoms with E-state index in [9.17, 15) is 9.59 Å². The van der Waals surface area contributed by atoms with Crippen LogP contribution >= 0.6 is 0 Å². The second kappa shape index (κ2) is 9.29. The van der Waals surface area contributed by atoms with Crippen molar-refractivity contribution in [2.75, 3.05) is 13.2 Å². The Kier molecular flexibility index (Phi) is 7.37. The quantitative estimate of drug-likeness (QED) is 0.735. The highest BCUT2D eigenvalue weighted by Gasteiger charge is 2.24. The van der Waals surface area contributed by atoms with Crippen molar-refractivity contribution < 1.29 is 14.3 Å². The van der Waals surface area contributed by atoms with E-state index in [1.165, 1.54) is 32.1 Å². The van der Waals surface area contributed by atoms with Crippen LogP contribution in [0.3, 0.4) is 0 Å². The van der Waals surface area contributed by atoms with Gasteiger partial charge in [0.1, 0.15) is 5.78 Å². The summed E-state index contributed by atoms with van der Waals surface area (Å²) in [5, 5.41) is 3.09. The first-order valence-electron chi connectivity index (χ1n) is 9.02. The smallest absolute Gasteiger partial charge is 0.222 e. The molecule has 0 unspecified atom stereocenters. The van der Waals surface area contributed by atoms with Crippen LogP contribution in [0.1, 0.15) is 71.1 Å². The summed E-state index contributed by atoms with van der Waals surface area (Å²) in [7, 11) is 0. The van der Waals surface area contributed by atoms with E-state index in [4.69, 9.17) is 4.74 Å². The minimum Gasteiger partial charge on any atom is -0.381 e. The second-order valence-corrected chi connectivity index (χ2v) is 7.06. The number of nitrogens with one attached hydrogen (secondary N) is 1. The molecule has 0 aliphatic heterocycles. The van der Waals surface area contributed by atoms with Gasteiger partial charge in [0, 0.05) is 25.0 Å². The van der Waals surface area contributed by atoms with Gasteiger partial charge in [-0.15, -0.1) is 0 Å². The predicted octanol–water partition coefficient (Wildman–Crippen LogP) is 3.24. The third kappa shape index (κ3) is 6.07. The number of rotatable bonds is 7. The van der Waals surface area contributed by atoms with Gasteiger partial charge in [0.2, 0.25) is 5.91 Å². The molecule has 0 heterocycles. The molecule has 2 aliphatic rings. The molecular weight excluding hydrogens is 278 g/mol. The van der Waals surface area contributed by atoms with Gasteiger partial charge in [-0.05, 0) is 51.4 Å². The lowest BCUT2D eigenvalue weighted by Crippen LogP contribution is -2.38. The largest absolute Gasteiger partial charge is 0.381 e. The van der Waals surface area contributed by atoms with Crippen LogP contribution in [0, 0.1) is 11.8 Å². The molecule has 22 heavy (non-hydrogen) atoms. The highest BCUT2D eigenvalue weighted by atomic mass is 16.5. The summed E-state index contributed by atoms with van der Waals surface area (Å²) in [6, 6.07) is 0.251. The van der Waals surface area contributed by atoms with Gasteiger partial charge in [0.05, 0.1) is 6.61 Å². The first kappa shape index (κ1) is 17.5. The van der Waals surface area contributed by atoms with Crippen LogP contribution < -0.4 is 5.32 Å². The summed E-state index contributed by atoms with van der Waals surface area (Å²) in [5.74, 6) is 1.31. The monoisotopic (exact) mass is 309 g/mol. The van der Waals surface area contributed by atoms with Crippen LogP contribution in [0.5, 0.6) is 0 Å². The first-order valence-corrected chi connectivity index (χ1v) is 9.02. The molecule has 0 bridgehead atoms. The Labute approximate surface area is 134 Å². The number of amides is 1. The number of carbonyl (C=O) groups is 2. The summed E-state index contributed by atoms with van der Waals surface area (Å²) < 4.78 is 5.68. The average Bonchev–Trinajstić information content (AvgIpc) is 2.53. The molecule has 0 aromatic heterocycles. The highest BCUT2D eigenvalue weighted by Crippen LogP contribution is 2.25. The third-order valence-electron chi connectivity index (χ3n) is 5.22. The van der Waals surface area contributed by atoms with Crippen LogP contribution in [0.15, 0.2) is 0 Å². The van der Waals surface area contributed by atoms with E-state index >= 15 is 0 Å². The van der Waals surface area contributed by atoms with E-state index in [2.05, 4.69) is 5.32 Å². The van der Waals surface area contributed by atoms with E-state index < -0.39 is 0 Å². The Hall–Kier alpha value is -0.900. The lowest BCUT2D eigenvalue weighted by Gasteiger charge is -2.27. The Balaban J connectivity index is 1.52. The summed E-state index contributed by atoms with van der Waals surface area (Å²) in [6.45, 7) is 3.02. The fourth-order valence-electron chi connectivity index (χ4n) is 3.71. The van der Waals surface area contributed by atoms with Gasteiger partial charge in [-0.3, -0.25) is 9.59 Å². The summed E-state index contributed by atoms with van der Waals surface area (Å²) in [4.78, 5) is 23.2. The SMILES string of the molecule is CC(=O)C1CCC(NC(=O)CCOCC2CCCCC2)CC1. The molecule has 0 spiro atoms. The molecule has 1 N–H and O–H groups in total. The minimum absolute atomic E-state index is 0.0925. The Morgan fingerprint density at radius 1 is 1.00 bits per heavy atom. The maximum atomic E-state index is 11.9. The van der Waals surface area contributed by atoms with Crippen molar-refractivity contribution in [1.29, 1.82) is 0 Å². The molecule has 0 radical (unpaired) electrons. The standard InChI is InChI=1S/C18H31NO3/c1-14(20)16-7-9-17(10-8-16)19-18(21)11-12-22-13-15-5-3-2-4-6-15/h15-17H,2-13H2,1H3,(H,19,21). The molecule has 0 aromatic rings. The fourth-order valence-corrected chi connectivity index (χ4v) is 3.71. The first-order chi connectivity index (χ1) is 10.6. The topological polar surface area (TPSA) is 55.4 Å². The van der Waals surface area contributed by atoms with Crippen molar-refractivity contribution in [3.8, 4) is 0 Å². The number of hydrogen-bond donors (Lipinski definition) is 1. The molecule has 126 valence electrons. The number of ether oxygens (including phenoxy) is 1. The fraction of sp³-hybridized carbons (Fsp3) is 0.889. The number of carbonyl (C=O) groups excluding carboxylic acids is 2. The van der Waals surface area contributed by atoms with Crippen molar-refractivity contribution in [2.24, 2.45) is 11.8 Å². The van der Waals surface area contributed by atoms with Gasteiger partial charge in [-0.1, -0.05) is 19.3 Å². The second-order valence-electron chi connectivity index (χ2n) is 7.06. The molecule has 2 saturated carbocycles. The van der Waals surface area contributed by atoms with Crippen LogP contribution in [0.2, 0.25) is 0 Å². The maximum Gasteiger partial charge on any atom is 0.222 e. The molecule has 0 saturated heterocycles. The van der Waals surface area contributed by atoms with E-state index in [0.29, 0.717) is 24.7 Å². The third-order valence-corrected chi connectivity index (χ3v) is 5.22. The molecule has 2 fully saturated rings. The molecular formula is C18H31NO3. The van der Waals surface area contributed by atoms with E-state index in [1.807, 2.05) is 0 Å². The molecule has 1 amide bonds. The van der Waals surface area contributed by atoms with Gasteiger partial charge >= 0.3 is 0 Å². The predicted molar refractivity (Wildman–Crippen MR) is 86.6 cm³/mol. The molecule has 0 atom stereocenters. The highest BCUT2D eigenvalue weighted by molar-refractivity contribution is 5.78. The van der Waals surface area contributed by atoms with Gasteiger partial charge in [-0.25, -0.2) is 0 Å². The molecule has 2 aliphatic carbocycles. The average molecular weight is 309 g/mol. The van der Waals surface area contributed by atoms with Crippen molar-refractivity contribution in [3.05, 3.63) is 0 Å². The molecule has 0 aromatic carbocycles. The molecule has 4 heteroatoms. The van der Waals surface area contributed by atoms with Gasteiger partial charge in [0.15, 0.2) is 0 Å². The van der Waals surface area contributed by atoms with E-state index in [0.717, 1.165) is 32.3 Å². The number of hydrogen-bond acceptors (Lipinski definition) is 3. The molecule has 4 nitrogen and oxygen atoms in total. The van der Waals surface area contributed by atoms with Crippen molar-refractivity contribution in [1.82, 2.24) is 5.32 Å². The van der Waals surface area contributed by atoms with E-state index in [-0.39, 0.29) is 17.9 Å². The number of Topliss-reactive ketones (excluding diaryl/α,β-unsaturated/α-hetero) is 1. The Morgan fingerprint density at radius 3 is 2.32 bits per heavy atom. The summed E-state index contributed by atoms with van der Waals surface area (Å²) in [6.07, 6.45) is 10.7.